The second-order valence-corrected chi connectivity index (χ2v) is 13.6. The Hall–Kier alpha value is -4.64. The summed E-state index contributed by atoms with van der Waals surface area (Å²) in [5, 5.41) is 0. The van der Waals surface area contributed by atoms with Crippen molar-refractivity contribution >= 4 is 40.2 Å². The van der Waals surface area contributed by atoms with Gasteiger partial charge in [0, 0.05) is 16.7 Å². The molecule has 5 heteroatoms. The highest BCUT2D eigenvalue weighted by Crippen LogP contribution is 2.54. The van der Waals surface area contributed by atoms with Gasteiger partial charge in [0.15, 0.2) is 11.5 Å². The first-order valence-electron chi connectivity index (χ1n) is 15.3. The zero-order valence-corrected chi connectivity index (χ0v) is 24.9. The van der Waals surface area contributed by atoms with E-state index in [-0.39, 0.29) is 17.5 Å². The molecule has 4 nitrogen and oxygen atoms in total. The molecule has 0 saturated carbocycles. The molecule has 43 heavy (non-hydrogen) atoms. The largest absolute Gasteiger partial charge is 0.458 e. The summed E-state index contributed by atoms with van der Waals surface area (Å²) < 4.78 is 20.0. The van der Waals surface area contributed by atoms with E-state index in [4.69, 9.17) is 14.2 Å². The monoisotopic (exact) mass is 561 g/mol. The summed E-state index contributed by atoms with van der Waals surface area (Å²) in [7, 11) is 0. The fraction of sp³-hybridized carbons (Fsp3) is 0.211. The second-order valence-electron chi connectivity index (χ2n) is 13.6. The maximum Gasteiger partial charge on any atom is 0.260 e. The number of para-hydroxylation sites is 5. The van der Waals surface area contributed by atoms with Crippen LogP contribution in [0, 0.1) is 0 Å². The van der Waals surface area contributed by atoms with Crippen molar-refractivity contribution in [2.24, 2.45) is 0 Å². The van der Waals surface area contributed by atoms with Crippen LogP contribution in [0.25, 0.3) is 0 Å². The zero-order valence-electron chi connectivity index (χ0n) is 24.9. The van der Waals surface area contributed by atoms with Gasteiger partial charge in [-0.2, -0.15) is 0 Å². The number of hydrogen-bond acceptors (Lipinski definition) is 4. The molecule has 0 bridgehead atoms. The zero-order chi connectivity index (χ0) is 29.1. The fourth-order valence-corrected chi connectivity index (χ4v) is 7.70. The van der Waals surface area contributed by atoms with Crippen LogP contribution in [-0.4, -0.2) is 6.71 Å². The van der Waals surface area contributed by atoms with Crippen molar-refractivity contribution in [1.82, 2.24) is 0 Å². The Labute approximate surface area is 252 Å². The van der Waals surface area contributed by atoms with E-state index in [0.717, 1.165) is 75.3 Å². The van der Waals surface area contributed by atoms with Gasteiger partial charge in [0.1, 0.15) is 23.0 Å². The van der Waals surface area contributed by atoms with Gasteiger partial charge in [-0.15, -0.1) is 0 Å². The van der Waals surface area contributed by atoms with Gasteiger partial charge in [0.25, 0.3) is 6.71 Å². The molecule has 4 aliphatic rings. The van der Waals surface area contributed by atoms with Crippen molar-refractivity contribution in [2.75, 3.05) is 4.90 Å². The summed E-state index contributed by atoms with van der Waals surface area (Å²) in [6, 6.07) is 33.9. The van der Waals surface area contributed by atoms with Gasteiger partial charge in [-0.1, -0.05) is 70.2 Å². The highest BCUT2D eigenvalue weighted by atomic mass is 16.5. The van der Waals surface area contributed by atoms with E-state index in [1.807, 2.05) is 24.3 Å². The van der Waals surface area contributed by atoms with Gasteiger partial charge in [0.2, 0.25) is 0 Å². The Morgan fingerprint density at radius 2 is 1.19 bits per heavy atom. The van der Waals surface area contributed by atoms with Crippen LogP contribution >= 0.6 is 0 Å². The number of hydrogen-bond donors (Lipinski definition) is 0. The maximum absolute atomic E-state index is 7.02. The Morgan fingerprint density at radius 3 is 1.93 bits per heavy atom. The van der Waals surface area contributed by atoms with Gasteiger partial charge >= 0.3 is 0 Å². The molecule has 0 atom stereocenters. The summed E-state index contributed by atoms with van der Waals surface area (Å²) in [4.78, 5) is 2.30. The Kier molecular flexibility index (Phi) is 4.91. The number of ether oxygens (including phenoxy) is 3. The second kappa shape index (κ2) is 8.47. The van der Waals surface area contributed by atoms with Crippen molar-refractivity contribution in [3.8, 4) is 34.5 Å². The standard InChI is InChI=1S/C38H32BNO3/c1-37(2)19-20-38(3,4)34-24(37)22-33-35-36(34)43-30-18-17-23(21-26(30)39(35)25-11-5-8-14-29(25)41-33)40-27-12-6-9-15-31(27)42-32-16-10-7-13-28(32)40/h5-18,21-22H,19-20H2,1-4H3. The van der Waals surface area contributed by atoms with Crippen LogP contribution in [0.4, 0.5) is 17.1 Å². The molecule has 0 radical (unpaired) electrons. The average molecular weight is 561 g/mol. The van der Waals surface area contributed by atoms with E-state index in [1.54, 1.807) is 0 Å². The molecule has 5 aromatic carbocycles. The lowest BCUT2D eigenvalue weighted by Gasteiger charge is -2.45. The number of benzene rings is 5. The van der Waals surface area contributed by atoms with Gasteiger partial charge in [-0.3, -0.25) is 0 Å². The van der Waals surface area contributed by atoms with E-state index in [1.165, 1.54) is 16.6 Å². The molecule has 3 heterocycles. The lowest BCUT2D eigenvalue weighted by atomic mass is 9.34. The van der Waals surface area contributed by atoms with Crippen molar-refractivity contribution in [2.45, 2.75) is 51.4 Å². The average Bonchev–Trinajstić information content (AvgIpc) is 3.01. The summed E-state index contributed by atoms with van der Waals surface area (Å²) in [6.45, 7) is 9.44. The van der Waals surface area contributed by atoms with Crippen molar-refractivity contribution in [1.29, 1.82) is 0 Å². The van der Waals surface area contributed by atoms with Crippen LogP contribution in [0.5, 0.6) is 34.5 Å². The molecule has 0 saturated heterocycles. The minimum Gasteiger partial charge on any atom is -0.458 e. The molecule has 0 unspecified atom stereocenters. The molecule has 0 fully saturated rings. The van der Waals surface area contributed by atoms with Gasteiger partial charge in [-0.25, -0.2) is 0 Å². The highest BCUT2D eigenvalue weighted by Gasteiger charge is 2.47. The Bertz CT molecular complexity index is 1950. The molecular weight excluding hydrogens is 529 g/mol. The van der Waals surface area contributed by atoms with Crippen LogP contribution in [0.1, 0.15) is 51.7 Å². The third-order valence-electron chi connectivity index (χ3n) is 10.0. The molecule has 0 N–H and O–H groups in total. The quantitative estimate of drug-likeness (QED) is 0.189. The summed E-state index contributed by atoms with van der Waals surface area (Å²) in [6.07, 6.45) is 2.25. The minimum atomic E-state index is -0.00457. The van der Waals surface area contributed by atoms with Crippen LogP contribution in [0.15, 0.2) is 97.1 Å². The van der Waals surface area contributed by atoms with Gasteiger partial charge in [0.05, 0.1) is 11.4 Å². The molecule has 0 aromatic heterocycles. The van der Waals surface area contributed by atoms with E-state index < -0.39 is 0 Å². The summed E-state index contributed by atoms with van der Waals surface area (Å²) in [5.41, 5.74) is 9.29. The lowest BCUT2D eigenvalue weighted by molar-refractivity contribution is 0.318. The number of rotatable bonds is 1. The normalized spacial score (nSPS) is 17.5. The highest BCUT2D eigenvalue weighted by molar-refractivity contribution is 6.98. The first-order chi connectivity index (χ1) is 20.8. The van der Waals surface area contributed by atoms with E-state index in [2.05, 4.69) is 105 Å². The predicted molar refractivity (Wildman–Crippen MR) is 174 cm³/mol. The van der Waals surface area contributed by atoms with Crippen molar-refractivity contribution < 1.29 is 14.2 Å². The smallest absolute Gasteiger partial charge is 0.260 e. The Morgan fingerprint density at radius 1 is 0.581 bits per heavy atom. The molecule has 210 valence electrons. The summed E-state index contributed by atoms with van der Waals surface area (Å²) >= 11 is 0. The van der Waals surface area contributed by atoms with Crippen LogP contribution < -0.4 is 35.5 Å². The lowest BCUT2D eigenvalue weighted by Crippen LogP contribution is -2.58. The molecule has 0 amide bonds. The molecule has 1 aliphatic carbocycles. The van der Waals surface area contributed by atoms with E-state index >= 15 is 0 Å². The predicted octanol–water partition coefficient (Wildman–Crippen LogP) is 8.34. The minimum absolute atomic E-state index is 0.00341. The molecule has 9 rings (SSSR count). The third-order valence-corrected chi connectivity index (χ3v) is 10.0. The van der Waals surface area contributed by atoms with E-state index in [9.17, 15) is 0 Å². The number of fused-ring (bicyclic) bond motifs is 8. The molecule has 5 aromatic rings. The van der Waals surface area contributed by atoms with Gasteiger partial charge < -0.3 is 19.1 Å². The molecular formula is C38H32BNO3. The van der Waals surface area contributed by atoms with Crippen LogP contribution in [0.2, 0.25) is 0 Å². The first-order valence-corrected chi connectivity index (χ1v) is 15.3. The van der Waals surface area contributed by atoms with E-state index in [0.29, 0.717) is 0 Å². The van der Waals surface area contributed by atoms with Crippen molar-refractivity contribution in [3.63, 3.8) is 0 Å². The first kappa shape index (κ1) is 24.9. The SMILES string of the molecule is CC1(C)CCC(C)(C)c2c1cc1c3c2Oc2ccc(N4c5ccccc5Oc5ccccc54)cc2B3c2ccccc2O1. The topological polar surface area (TPSA) is 30.9 Å². The number of anilines is 3. The summed E-state index contributed by atoms with van der Waals surface area (Å²) in [5.74, 6) is 5.42. The van der Waals surface area contributed by atoms with Crippen LogP contribution in [-0.2, 0) is 10.8 Å². The van der Waals surface area contributed by atoms with Crippen molar-refractivity contribution in [3.05, 3.63) is 108 Å². The Balaban J connectivity index is 1.30. The third kappa shape index (κ3) is 3.45. The molecule has 3 aliphatic heterocycles. The number of nitrogens with zero attached hydrogens (tertiary/aromatic N) is 1. The fourth-order valence-electron chi connectivity index (χ4n) is 7.70. The maximum atomic E-state index is 7.02. The van der Waals surface area contributed by atoms with Crippen LogP contribution in [0.3, 0.4) is 0 Å². The molecule has 0 spiro atoms. The van der Waals surface area contributed by atoms with Gasteiger partial charge in [-0.05, 0) is 94.8 Å².